The molecule has 6 nitrogen and oxygen atoms in total. The summed E-state index contributed by atoms with van der Waals surface area (Å²) in [5.74, 6) is 0.933. The Kier molecular flexibility index (Phi) is 5.11. The van der Waals surface area contributed by atoms with E-state index in [0.29, 0.717) is 5.13 Å². The molecule has 0 radical (unpaired) electrons. The number of hydrogen-bond donors (Lipinski definition) is 1. The summed E-state index contributed by atoms with van der Waals surface area (Å²) >= 11 is 1.47. The zero-order valence-electron chi connectivity index (χ0n) is 15.1. The third-order valence-electron chi connectivity index (χ3n) is 4.82. The summed E-state index contributed by atoms with van der Waals surface area (Å²) in [6.07, 6.45) is 6.74. The highest BCUT2D eigenvalue weighted by atomic mass is 32.1. The molecule has 27 heavy (non-hydrogen) atoms. The molecule has 1 amide bonds. The monoisotopic (exact) mass is 379 g/mol. The van der Waals surface area contributed by atoms with E-state index in [1.165, 1.54) is 16.9 Å². The minimum Gasteiger partial charge on any atom is -0.355 e. The summed E-state index contributed by atoms with van der Waals surface area (Å²) < 4.78 is 0. The molecule has 4 rings (SSSR count). The average molecular weight is 379 g/mol. The Labute approximate surface area is 162 Å². The van der Waals surface area contributed by atoms with Crippen LogP contribution >= 0.6 is 11.3 Å². The lowest BCUT2D eigenvalue weighted by Gasteiger charge is -2.31. The first-order valence-corrected chi connectivity index (χ1v) is 9.91. The van der Waals surface area contributed by atoms with Crippen LogP contribution in [0.3, 0.4) is 0 Å². The topological polar surface area (TPSA) is 71.0 Å². The number of aromatic nitrogens is 3. The molecular weight excluding hydrogens is 358 g/mol. The van der Waals surface area contributed by atoms with Crippen molar-refractivity contribution in [3.05, 3.63) is 53.8 Å². The fraction of sp³-hybridized carbons (Fsp3) is 0.300. The fourth-order valence-corrected chi connectivity index (χ4v) is 3.94. The molecule has 0 saturated carbocycles. The second-order valence-corrected chi connectivity index (χ2v) is 7.58. The van der Waals surface area contributed by atoms with Crippen LogP contribution in [-0.4, -0.2) is 33.9 Å². The van der Waals surface area contributed by atoms with E-state index in [4.69, 9.17) is 0 Å². The molecule has 1 aromatic carbocycles. The summed E-state index contributed by atoms with van der Waals surface area (Å²) in [5.41, 5.74) is 3.18. The van der Waals surface area contributed by atoms with E-state index in [2.05, 4.69) is 56.4 Å². The Hall–Kier alpha value is -2.80. The molecule has 0 unspecified atom stereocenters. The van der Waals surface area contributed by atoms with E-state index in [0.717, 1.165) is 43.0 Å². The average Bonchev–Trinajstić information content (AvgIpc) is 3.18. The molecule has 3 heterocycles. The lowest BCUT2D eigenvalue weighted by atomic mass is 9.96. The van der Waals surface area contributed by atoms with E-state index >= 15 is 0 Å². The van der Waals surface area contributed by atoms with Crippen LogP contribution in [0, 0.1) is 12.8 Å². The van der Waals surface area contributed by atoms with Crippen molar-refractivity contribution in [2.24, 2.45) is 5.92 Å². The largest absolute Gasteiger partial charge is 0.355 e. The van der Waals surface area contributed by atoms with Gasteiger partial charge in [-0.1, -0.05) is 29.8 Å². The maximum absolute atomic E-state index is 12.6. The van der Waals surface area contributed by atoms with Gasteiger partial charge in [-0.05, 0) is 19.8 Å². The van der Waals surface area contributed by atoms with Crippen molar-refractivity contribution in [3.63, 3.8) is 0 Å². The van der Waals surface area contributed by atoms with E-state index in [1.54, 1.807) is 18.6 Å². The Balaban J connectivity index is 1.34. The first-order valence-electron chi connectivity index (χ1n) is 9.03. The Bertz CT molecular complexity index is 902. The van der Waals surface area contributed by atoms with Crippen LogP contribution in [-0.2, 0) is 4.79 Å². The Morgan fingerprint density at radius 1 is 1.19 bits per heavy atom. The summed E-state index contributed by atoms with van der Waals surface area (Å²) in [6.45, 7) is 3.68. The molecule has 0 spiro atoms. The number of thiazole rings is 1. The predicted molar refractivity (Wildman–Crippen MR) is 108 cm³/mol. The second-order valence-electron chi connectivity index (χ2n) is 6.72. The number of carbonyl (C=O) groups excluding carboxylic acids is 1. The predicted octanol–water partition coefficient (Wildman–Crippen LogP) is 3.76. The van der Waals surface area contributed by atoms with Crippen LogP contribution in [0.4, 0.5) is 10.9 Å². The van der Waals surface area contributed by atoms with Crippen molar-refractivity contribution in [2.45, 2.75) is 19.8 Å². The van der Waals surface area contributed by atoms with Gasteiger partial charge in [-0.25, -0.2) is 9.97 Å². The van der Waals surface area contributed by atoms with Crippen molar-refractivity contribution in [3.8, 4) is 11.3 Å². The van der Waals surface area contributed by atoms with Crippen LogP contribution in [0.5, 0.6) is 0 Å². The van der Waals surface area contributed by atoms with Gasteiger partial charge in [-0.2, -0.15) is 0 Å². The molecule has 1 fully saturated rings. The number of nitrogens with zero attached hydrogens (tertiary/aromatic N) is 4. The number of carbonyl (C=O) groups is 1. The molecular formula is C20H21N5OS. The molecule has 1 N–H and O–H groups in total. The molecule has 3 aromatic rings. The first-order chi connectivity index (χ1) is 13.2. The molecule has 0 atom stereocenters. The van der Waals surface area contributed by atoms with Crippen LogP contribution in [0.15, 0.2) is 48.2 Å². The highest BCUT2D eigenvalue weighted by Crippen LogP contribution is 2.27. The first kappa shape index (κ1) is 17.6. The smallest absolute Gasteiger partial charge is 0.229 e. The lowest BCUT2D eigenvalue weighted by Crippen LogP contribution is -2.38. The second kappa shape index (κ2) is 7.84. The van der Waals surface area contributed by atoms with Crippen molar-refractivity contribution in [2.75, 3.05) is 23.3 Å². The fourth-order valence-electron chi connectivity index (χ4n) is 3.22. The highest BCUT2D eigenvalue weighted by molar-refractivity contribution is 7.14. The van der Waals surface area contributed by atoms with Gasteiger partial charge in [0.2, 0.25) is 5.91 Å². The number of hydrogen-bond acceptors (Lipinski definition) is 6. The molecule has 1 aliphatic heterocycles. The van der Waals surface area contributed by atoms with Crippen LogP contribution in [0.2, 0.25) is 0 Å². The van der Waals surface area contributed by atoms with Crippen molar-refractivity contribution in [1.82, 2.24) is 15.0 Å². The van der Waals surface area contributed by atoms with Gasteiger partial charge in [0.1, 0.15) is 5.82 Å². The van der Waals surface area contributed by atoms with Crippen LogP contribution < -0.4 is 10.2 Å². The zero-order valence-corrected chi connectivity index (χ0v) is 15.9. The van der Waals surface area contributed by atoms with Crippen molar-refractivity contribution < 1.29 is 4.79 Å². The Morgan fingerprint density at radius 3 is 2.67 bits per heavy atom. The third-order valence-corrected chi connectivity index (χ3v) is 5.58. The van der Waals surface area contributed by atoms with Gasteiger partial charge >= 0.3 is 0 Å². The van der Waals surface area contributed by atoms with E-state index < -0.39 is 0 Å². The molecule has 1 saturated heterocycles. The lowest BCUT2D eigenvalue weighted by molar-refractivity contribution is -0.120. The summed E-state index contributed by atoms with van der Waals surface area (Å²) in [6, 6.07) is 8.24. The standard InChI is InChI=1S/C20H21N5OS/c1-14-2-4-15(5-3-14)17-13-27-20(23-17)24-19(26)16-6-10-25(11-7-16)18-12-21-8-9-22-18/h2-5,8-9,12-13,16H,6-7,10-11H2,1H3,(H,23,24,26). The van der Waals surface area contributed by atoms with Gasteiger partial charge in [0.25, 0.3) is 0 Å². The molecule has 2 aromatic heterocycles. The molecule has 138 valence electrons. The number of rotatable bonds is 4. The number of benzene rings is 1. The number of piperidine rings is 1. The van der Waals surface area contributed by atoms with Crippen LogP contribution in [0.1, 0.15) is 18.4 Å². The number of nitrogens with one attached hydrogen (secondary N) is 1. The minimum absolute atomic E-state index is 0.00430. The van der Waals surface area contributed by atoms with E-state index in [9.17, 15) is 4.79 Å². The number of aryl methyl sites for hydroxylation is 1. The zero-order chi connectivity index (χ0) is 18.6. The number of anilines is 2. The van der Waals surface area contributed by atoms with Crippen molar-refractivity contribution in [1.29, 1.82) is 0 Å². The molecule has 1 aliphatic rings. The minimum atomic E-state index is 0.00430. The van der Waals surface area contributed by atoms with Crippen LogP contribution in [0.25, 0.3) is 11.3 Å². The Morgan fingerprint density at radius 2 is 1.96 bits per heavy atom. The number of amides is 1. The molecule has 7 heteroatoms. The van der Waals surface area contributed by atoms with Crippen molar-refractivity contribution >= 4 is 28.2 Å². The summed E-state index contributed by atoms with van der Waals surface area (Å²) in [4.78, 5) is 27.8. The normalized spacial score (nSPS) is 14.9. The molecule has 0 bridgehead atoms. The SMILES string of the molecule is Cc1ccc(-c2csc(NC(=O)C3CCN(c4cnccn4)CC3)n2)cc1. The maximum Gasteiger partial charge on any atom is 0.229 e. The van der Waals surface area contributed by atoms with E-state index in [1.807, 2.05) is 5.38 Å². The van der Waals surface area contributed by atoms with Gasteiger partial charge in [-0.3, -0.25) is 9.78 Å². The van der Waals surface area contributed by atoms with Gasteiger partial charge < -0.3 is 10.2 Å². The molecule has 0 aliphatic carbocycles. The van der Waals surface area contributed by atoms with E-state index in [-0.39, 0.29) is 11.8 Å². The summed E-state index contributed by atoms with van der Waals surface area (Å²) in [7, 11) is 0. The summed E-state index contributed by atoms with van der Waals surface area (Å²) in [5, 5.41) is 5.63. The van der Waals surface area contributed by atoms with Gasteiger partial charge in [0, 0.05) is 42.3 Å². The highest BCUT2D eigenvalue weighted by Gasteiger charge is 2.26. The van der Waals surface area contributed by atoms with Gasteiger partial charge in [-0.15, -0.1) is 11.3 Å². The quantitative estimate of drug-likeness (QED) is 0.747. The maximum atomic E-state index is 12.6. The van der Waals surface area contributed by atoms with Gasteiger partial charge in [0.15, 0.2) is 5.13 Å². The third kappa shape index (κ3) is 4.14. The van der Waals surface area contributed by atoms with Gasteiger partial charge in [0.05, 0.1) is 11.9 Å².